The number of nitrogens with zero attached hydrogens (tertiary/aromatic N) is 1. The van der Waals surface area contributed by atoms with E-state index < -0.39 is 11.2 Å². The zero-order valence-corrected chi connectivity index (χ0v) is 14.0. The van der Waals surface area contributed by atoms with Crippen LogP contribution in [0.5, 0.6) is 0 Å². The second-order valence-electron chi connectivity index (χ2n) is 5.72. The van der Waals surface area contributed by atoms with E-state index in [2.05, 4.69) is 4.99 Å². The summed E-state index contributed by atoms with van der Waals surface area (Å²) in [7, 11) is 1.54. The minimum absolute atomic E-state index is 0.0365. The summed E-state index contributed by atoms with van der Waals surface area (Å²) in [5.74, 6) is 0.508. The van der Waals surface area contributed by atoms with Crippen LogP contribution >= 0.6 is 11.8 Å². The summed E-state index contributed by atoms with van der Waals surface area (Å²) in [5, 5.41) is 1.86. The molecule has 126 valence electrons. The number of hydrogen-bond donors (Lipinski definition) is 0. The maximum Gasteiger partial charge on any atom is 0.263 e. The highest BCUT2D eigenvalue weighted by molar-refractivity contribution is 8.05. The summed E-state index contributed by atoms with van der Waals surface area (Å²) in [6.45, 7) is 0. The molecule has 1 aliphatic carbocycles. The fraction of sp³-hybridized carbons (Fsp3) is 0.158. The smallest absolute Gasteiger partial charge is 0.263 e. The first kappa shape index (κ1) is 16.0. The third-order valence-corrected chi connectivity index (χ3v) is 5.71. The third kappa shape index (κ3) is 2.24. The van der Waals surface area contributed by atoms with Crippen LogP contribution in [0.2, 0.25) is 0 Å². The number of thioether (sulfide) groups is 1. The normalized spacial score (nSPS) is 24.2. The Morgan fingerprint density at radius 1 is 1.20 bits per heavy atom. The molecule has 1 spiro atoms. The monoisotopic (exact) mass is 357 g/mol. The number of carbonyl (C=O) groups excluding carboxylic acids is 1. The van der Waals surface area contributed by atoms with Gasteiger partial charge in [0.25, 0.3) is 6.43 Å². The van der Waals surface area contributed by atoms with Gasteiger partial charge in [-0.2, -0.15) is 0 Å². The van der Waals surface area contributed by atoms with Crippen molar-refractivity contribution in [2.45, 2.75) is 11.2 Å². The molecule has 0 saturated carbocycles. The standard InChI is InChI=1S/C19H13F2NO2S/c1-24-17-13(11-2-4-12(5-3-11)18(20)21)10-15-19(14(17)7-9-25-19)16(23)6-8-22-15/h2-10,18H,1H3. The average Bonchev–Trinajstić information content (AvgIpc) is 3.06. The van der Waals surface area contributed by atoms with Crippen LogP contribution in [0.4, 0.5) is 8.78 Å². The maximum atomic E-state index is 12.8. The Morgan fingerprint density at radius 3 is 2.64 bits per heavy atom. The first-order valence-electron chi connectivity index (χ1n) is 7.61. The molecule has 4 rings (SSSR count). The molecule has 25 heavy (non-hydrogen) atoms. The van der Waals surface area contributed by atoms with Crippen LogP contribution in [-0.2, 0) is 9.53 Å². The molecule has 3 aliphatic rings. The number of ether oxygens (including phenoxy) is 1. The maximum absolute atomic E-state index is 12.8. The van der Waals surface area contributed by atoms with Crippen molar-refractivity contribution in [1.82, 2.24) is 0 Å². The zero-order chi connectivity index (χ0) is 17.6. The third-order valence-electron chi connectivity index (χ3n) is 4.45. The van der Waals surface area contributed by atoms with E-state index in [9.17, 15) is 13.6 Å². The lowest BCUT2D eigenvalue weighted by molar-refractivity contribution is -0.114. The molecular formula is C19H13F2NO2S. The SMILES string of the molecule is COC1=C2C=CSC23C(=O)C=CN=C3C=C1c1ccc(C(F)F)cc1. The number of halogens is 2. The Kier molecular flexibility index (Phi) is 3.72. The van der Waals surface area contributed by atoms with Crippen molar-refractivity contribution in [2.75, 3.05) is 7.11 Å². The number of alkyl halides is 2. The van der Waals surface area contributed by atoms with Crippen molar-refractivity contribution in [3.63, 3.8) is 0 Å². The van der Waals surface area contributed by atoms with Crippen LogP contribution in [0.3, 0.4) is 0 Å². The highest BCUT2D eigenvalue weighted by Gasteiger charge is 2.52. The minimum Gasteiger partial charge on any atom is -0.496 e. The molecule has 1 atom stereocenters. The van der Waals surface area contributed by atoms with Gasteiger partial charge in [-0.25, -0.2) is 8.78 Å². The van der Waals surface area contributed by atoms with Crippen LogP contribution in [0.15, 0.2) is 70.4 Å². The molecule has 1 aromatic carbocycles. The summed E-state index contributed by atoms with van der Waals surface area (Å²) in [6.07, 6.45) is 4.11. The van der Waals surface area contributed by atoms with Crippen molar-refractivity contribution in [1.29, 1.82) is 0 Å². The molecule has 3 nitrogen and oxygen atoms in total. The zero-order valence-electron chi connectivity index (χ0n) is 13.2. The predicted octanol–water partition coefficient (Wildman–Crippen LogP) is 4.46. The van der Waals surface area contributed by atoms with Crippen LogP contribution in [0.25, 0.3) is 5.57 Å². The van der Waals surface area contributed by atoms with Gasteiger partial charge in [-0.1, -0.05) is 24.3 Å². The predicted molar refractivity (Wildman–Crippen MR) is 94.5 cm³/mol. The van der Waals surface area contributed by atoms with Crippen molar-refractivity contribution in [2.24, 2.45) is 4.99 Å². The molecular weight excluding hydrogens is 344 g/mol. The van der Waals surface area contributed by atoms with Crippen LogP contribution < -0.4 is 0 Å². The number of benzene rings is 1. The van der Waals surface area contributed by atoms with E-state index in [4.69, 9.17) is 4.74 Å². The van der Waals surface area contributed by atoms with Gasteiger partial charge in [0.05, 0.1) is 12.8 Å². The summed E-state index contributed by atoms with van der Waals surface area (Å²) < 4.78 is 30.3. The number of allylic oxidation sites excluding steroid dienone is 4. The van der Waals surface area contributed by atoms with Gasteiger partial charge in [0.1, 0.15) is 5.76 Å². The Hall–Kier alpha value is -2.47. The number of rotatable bonds is 3. The van der Waals surface area contributed by atoms with E-state index >= 15 is 0 Å². The molecule has 0 aromatic heterocycles. The van der Waals surface area contributed by atoms with Gasteiger partial charge in [-0.3, -0.25) is 9.79 Å². The molecule has 0 N–H and O–H groups in total. The van der Waals surface area contributed by atoms with Crippen LogP contribution in [-0.4, -0.2) is 23.4 Å². The molecule has 1 unspecified atom stereocenters. The van der Waals surface area contributed by atoms with Gasteiger partial charge in [-0.15, -0.1) is 11.8 Å². The Labute approximate surface area is 147 Å². The first-order valence-corrected chi connectivity index (χ1v) is 8.49. The Bertz CT molecular complexity index is 910. The number of aliphatic imine (C=N–C) groups is 1. The summed E-state index contributed by atoms with van der Waals surface area (Å²) in [5.41, 5.74) is 2.79. The lowest BCUT2D eigenvalue weighted by Gasteiger charge is -2.34. The Morgan fingerprint density at radius 2 is 1.96 bits per heavy atom. The minimum atomic E-state index is -2.51. The second-order valence-corrected chi connectivity index (χ2v) is 6.84. The highest BCUT2D eigenvalue weighted by Crippen LogP contribution is 2.51. The summed E-state index contributed by atoms with van der Waals surface area (Å²) >= 11 is 1.39. The molecule has 0 radical (unpaired) electrons. The van der Waals surface area contributed by atoms with Crippen LogP contribution in [0.1, 0.15) is 17.6 Å². The molecule has 0 bridgehead atoms. The van der Waals surface area contributed by atoms with Crippen molar-refractivity contribution < 1.29 is 18.3 Å². The largest absolute Gasteiger partial charge is 0.496 e. The van der Waals surface area contributed by atoms with Gasteiger partial charge < -0.3 is 4.74 Å². The lowest BCUT2D eigenvalue weighted by Crippen LogP contribution is -2.45. The topological polar surface area (TPSA) is 38.7 Å². The molecule has 6 heteroatoms. The molecule has 0 amide bonds. The van der Waals surface area contributed by atoms with Gasteiger partial charge in [0.2, 0.25) is 0 Å². The van der Waals surface area contributed by atoms with Gasteiger partial charge in [0.15, 0.2) is 10.5 Å². The number of methoxy groups -OCH3 is 1. The van der Waals surface area contributed by atoms with E-state index in [0.717, 1.165) is 16.7 Å². The van der Waals surface area contributed by atoms with Crippen molar-refractivity contribution >= 4 is 28.8 Å². The number of hydrogen-bond acceptors (Lipinski definition) is 4. The van der Waals surface area contributed by atoms with E-state index in [-0.39, 0.29) is 11.3 Å². The van der Waals surface area contributed by atoms with Crippen molar-refractivity contribution in [3.05, 3.63) is 76.6 Å². The second kappa shape index (κ2) is 5.81. The van der Waals surface area contributed by atoms with Crippen LogP contribution in [0, 0.1) is 0 Å². The summed E-state index contributed by atoms with van der Waals surface area (Å²) in [4.78, 5) is 17.0. The van der Waals surface area contributed by atoms with Gasteiger partial charge >= 0.3 is 0 Å². The Balaban J connectivity index is 1.89. The van der Waals surface area contributed by atoms with Gasteiger partial charge in [-0.05, 0) is 23.1 Å². The molecule has 2 aliphatic heterocycles. The van der Waals surface area contributed by atoms with E-state index in [0.29, 0.717) is 11.5 Å². The molecule has 1 aromatic rings. The first-order chi connectivity index (χ1) is 12.1. The molecule has 0 fully saturated rings. The fourth-order valence-corrected chi connectivity index (χ4v) is 4.37. The average molecular weight is 357 g/mol. The van der Waals surface area contributed by atoms with E-state index in [1.54, 1.807) is 25.3 Å². The number of carbonyl (C=O) groups is 1. The quantitative estimate of drug-likeness (QED) is 0.802. The summed E-state index contributed by atoms with van der Waals surface area (Å²) in [6, 6.07) is 6.06. The lowest BCUT2D eigenvalue weighted by atomic mass is 9.79. The van der Waals surface area contributed by atoms with E-state index in [1.807, 2.05) is 11.5 Å². The van der Waals surface area contributed by atoms with E-state index in [1.165, 1.54) is 36.2 Å². The molecule has 2 heterocycles. The van der Waals surface area contributed by atoms with Crippen molar-refractivity contribution in [3.8, 4) is 0 Å². The highest BCUT2D eigenvalue weighted by atomic mass is 32.2. The molecule has 0 saturated heterocycles. The van der Waals surface area contributed by atoms with Gasteiger partial charge in [0, 0.05) is 29.0 Å². The number of ketones is 1. The fourth-order valence-electron chi connectivity index (χ4n) is 3.26.